The Hall–Kier alpha value is -2.27. The maximum atomic E-state index is 11.1. The molecule has 4 rings (SSSR count). The second-order valence-electron chi connectivity index (χ2n) is 6.92. The van der Waals surface area contributed by atoms with Crippen LogP contribution in [-0.2, 0) is 16.6 Å². The number of rotatable bonds is 3. The minimum absolute atomic E-state index is 0.00446. The summed E-state index contributed by atoms with van der Waals surface area (Å²) in [5, 5.41) is 9.12. The maximum absolute atomic E-state index is 11.1. The number of fused-ring (bicyclic) bond motifs is 2. The minimum atomic E-state index is -0.752. The molecule has 1 aliphatic heterocycles. The van der Waals surface area contributed by atoms with Crippen LogP contribution in [0.5, 0.6) is 0 Å². The van der Waals surface area contributed by atoms with Gasteiger partial charge in [-0.05, 0) is 37.8 Å². The number of carboxylic acid groups (broad SMARTS) is 1. The fourth-order valence-electron chi connectivity index (χ4n) is 4.22. The fourth-order valence-corrected chi connectivity index (χ4v) is 4.22. The van der Waals surface area contributed by atoms with E-state index in [1.807, 2.05) is 36.5 Å². The number of aryl methyl sites for hydroxylation is 1. The first-order chi connectivity index (χ1) is 11.7. The summed E-state index contributed by atoms with van der Waals surface area (Å²) >= 11 is 0. The lowest BCUT2D eigenvalue weighted by molar-refractivity contribution is -0.138. The molecule has 5 heteroatoms. The van der Waals surface area contributed by atoms with E-state index in [2.05, 4.69) is 9.88 Å². The Kier molecular flexibility index (Phi) is 3.81. The van der Waals surface area contributed by atoms with Gasteiger partial charge in [0.15, 0.2) is 5.82 Å². The highest BCUT2D eigenvalue weighted by Crippen LogP contribution is 2.44. The normalized spacial score (nSPS) is 23.3. The first-order valence-electron chi connectivity index (χ1n) is 8.52. The van der Waals surface area contributed by atoms with Gasteiger partial charge in [0.05, 0.1) is 12.2 Å². The van der Waals surface area contributed by atoms with Crippen LogP contribution in [0.4, 0.5) is 0 Å². The van der Waals surface area contributed by atoms with Gasteiger partial charge in [0.1, 0.15) is 0 Å². The van der Waals surface area contributed by atoms with Crippen LogP contribution in [0, 0.1) is 0 Å². The quantitative estimate of drug-likeness (QED) is 0.940. The second kappa shape index (κ2) is 5.98. The average Bonchev–Trinajstić information content (AvgIpc) is 2.93. The van der Waals surface area contributed by atoms with Gasteiger partial charge in [-0.3, -0.25) is 9.69 Å². The SMILES string of the molecule is O=C(O)CN1CCCC2(CCc3cnc(-c4ccccc4)nc32)C1. The number of piperidine rings is 1. The monoisotopic (exact) mass is 323 g/mol. The Balaban J connectivity index is 1.68. The van der Waals surface area contributed by atoms with Gasteiger partial charge in [-0.25, -0.2) is 9.97 Å². The van der Waals surface area contributed by atoms with Gasteiger partial charge in [0, 0.05) is 23.7 Å². The molecule has 1 saturated heterocycles. The van der Waals surface area contributed by atoms with Gasteiger partial charge in [-0.1, -0.05) is 30.3 Å². The molecule has 1 spiro atoms. The van der Waals surface area contributed by atoms with Gasteiger partial charge >= 0.3 is 5.97 Å². The minimum Gasteiger partial charge on any atom is -0.480 e. The van der Waals surface area contributed by atoms with Gasteiger partial charge in [-0.15, -0.1) is 0 Å². The number of aromatic nitrogens is 2. The Labute approximate surface area is 141 Å². The van der Waals surface area contributed by atoms with Crippen molar-refractivity contribution in [3.05, 3.63) is 47.8 Å². The number of aliphatic carboxylic acids is 1. The summed E-state index contributed by atoms with van der Waals surface area (Å²) in [5.41, 5.74) is 3.40. The molecule has 5 nitrogen and oxygen atoms in total. The molecule has 2 heterocycles. The summed E-state index contributed by atoms with van der Waals surface area (Å²) in [4.78, 5) is 22.6. The van der Waals surface area contributed by atoms with Crippen molar-refractivity contribution in [3.8, 4) is 11.4 Å². The van der Waals surface area contributed by atoms with Crippen LogP contribution >= 0.6 is 0 Å². The number of nitrogens with zero attached hydrogens (tertiary/aromatic N) is 3. The molecular weight excluding hydrogens is 302 g/mol. The summed E-state index contributed by atoms with van der Waals surface area (Å²) in [5.74, 6) is 0.0175. The molecule has 0 saturated carbocycles. The molecule has 0 amide bonds. The van der Waals surface area contributed by atoms with E-state index in [0.717, 1.165) is 55.9 Å². The van der Waals surface area contributed by atoms with E-state index in [1.54, 1.807) is 0 Å². The van der Waals surface area contributed by atoms with Crippen molar-refractivity contribution in [1.29, 1.82) is 0 Å². The highest BCUT2D eigenvalue weighted by molar-refractivity contribution is 5.69. The summed E-state index contributed by atoms with van der Waals surface area (Å²) in [6.07, 6.45) is 6.12. The van der Waals surface area contributed by atoms with E-state index in [9.17, 15) is 4.79 Å². The van der Waals surface area contributed by atoms with Gasteiger partial charge in [0.2, 0.25) is 0 Å². The smallest absolute Gasteiger partial charge is 0.317 e. The van der Waals surface area contributed by atoms with Crippen LogP contribution in [0.15, 0.2) is 36.5 Å². The van der Waals surface area contributed by atoms with Gasteiger partial charge in [0.25, 0.3) is 0 Å². The van der Waals surface area contributed by atoms with E-state index in [0.29, 0.717) is 0 Å². The molecule has 1 aromatic heterocycles. The van der Waals surface area contributed by atoms with Crippen LogP contribution in [0.3, 0.4) is 0 Å². The molecule has 124 valence electrons. The predicted molar refractivity (Wildman–Crippen MR) is 90.8 cm³/mol. The summed E-state index contributed by atoms with van der Waals surface area (Å²) < 4.78 is 0. The van der Waals surface area contributed by atoms with Crippen LogP contribution < -0.4 is 0 Å². The predicted octanol–water partition coefficient (Wildman–Crippen LogP) is 2.51. The fraction of sp³-hybridized carbons (Fsp3) is 0.421. The number of hydrogen-bond acceptors (Lipinski definition) is 4. The van der Waals surface area contributed by atoms with E-state index in [1.165, 1.54) is 5.56 Å². The molecule has 2 aliphatic rings. The lowest BCUT2D eigenvalue weighted by Gasteiger charge is -2.39. The molecule has 2 aromatic rings. The van der Waals surface area contributed by atoms with E-state index >= 15 is 0 Å². The van der Waals surface area contributed by atoms with E-state index in [-0.39, 0.29) is 12.0 Å². The first kappa shape index (κ1) is 15.3. The molecule has 1 aromatic carbocycles. The third-order valence-corrected chi connectivity index (χ3v) is 5.29. The molecule has 1 aliphatic carbocycles. The van der Waals surface area contributed by atoms with Crippen molar-refractivity contribution in [3.63, 3.8) is 0 Å². The summed E-state index contributed by atoms with van der Waals surface area (Å²) in [7, 11) is 0. The lowest BCUT2D eigenvalue weighted by atomic mass is 9.77. The Morgan fingerprint density at radius 1 is 1.25 bits per heavy atom. The van der Waals surface area contributed by atoms with Gasteiger partial charge in [-0.2, -0.15) is 0 Å². The van der Waals surface area contributed by atoms with Crippen molar-refractivity contribution in [2.24, 2.45) is 0 Å². The largest absolute Gasteiger partial charge is 0.480 e. The number of benzene rings is 1. The Morgan fingerprint density at radius 3 is 2.88 bits per heavy atom. The topological polar surface area (TPSA) is 66.3 Å². The van der Waals surface area contributed by atoms with E-state index in [4.69, 9.17) is 10.1 Å². The number of carbonyl (C=O) groups is 1. The van der Waals surface area contributed by atoms with Crippen LogP contribution in [0.25, 0.3) is 11.4 Å². The molecular formula is C19H21N3O2. The van der Waals surface area contributed by atoms with Crippen molar-refractivity contribution < 1.29 is 9.90 Å². The summed E-state index contributed by atoms with van der Waals surface area (Å²) in [6.45, 7) is 1.77. The third-order valence-electron chi connectivity index (χ3n) is 5.29. The van der Waals surface area contributed by atoms with Crippen molar-refractivity contribution >= 4 is 5.97 Å². The zero-order valence-corrected chi connectivity index (χ0v) is 13.6. The molecule has 0 radical (unpaired) electrons. The summed E-state index contributed by atoms with van der Waals surface area (Å²) in [6, 6.07) is 10.0. The van der Waals surface area contributed by atoms with Crippen molar-refractivity contribution in [2.75, 3.05) is 19.6 Å². The second-order valence-corrected chi connectivity index (χ2v) is 6.92. The number of likely N-dealkylation sites (tertiary alicyclic amines) is 1. The zero-order chi connectivity index (χ0) is 16.6. The lowest BCUT2D eigenvalue weighted by Crippen LogP contribution is -2.47. The molecule has 1 fully saturated rings. The van der Waals surface area contributed by atoms with Gasteiger partial charge < -0.3 is 5.11 Å². The molecule has 1 unspecified atom stereocenters. The maximum Gasteiger partial charge on any atom is 0.317 e. The number of carboxylic acids is 1. The molecule has 0 bridgehead atoms. The Bertz CT molecular complexity index is 758. The highest BCUT2D eigenvalue weighted by atomic mass is 16.4. The van der Waals surface area contributed by atoms with Crippen molar-refractivity contribution in [1.82, 2.24) is 14.9 Å². The Morgan fingerprint density at radius 2 is 2.08 bits per heavy atom. The highest BCUT2D eigenvalue weighted by Gasteiger charge is 2.43. The molecule has 24 heavy (non-hydrogen) atoms. The van der Waals surface area contributed by atoms with E-state index < -0.39 is 5.97 Å². The zero-order valence-electron chi connectivity index (χ0n) is 13.6. The van der Waals surface area contributed by atoms with Crippen LogP contribution in [0.1, 0.15) is 30.5 Å². The van der Waals surface area contributed by atoms with Crippen LogP contribution in [0.2, 0.25) is 0 Å². The average molecular weight is 323 g/mol. The third kappa shape index (κ3) is 2.69. The number of hydrogen-bond donors (Lipinski definition) is 1. The molecule has 1 atom stereocenters. The van der Waals surface area contributed by atoms with Crippen LogP contribution in [-0.4, -0.2) is 45.6 Å². The van der Waals surface area contributed by atoms with Crippen molar-refractivity contribution in [2.45, 2.75) is 31.1 Å². The first-order valence-corrected chi connectivity index (χ1v) is 8.52. The molecule has 1 N–H and O–H groups in total. The standard InChI is InChI=1S/C19H21N3O2/c23-16(24)12-22-10-4-8-19(13-22)9-7-15-11-20-18(21-17(15)19)14-5-2-1-3-6-14/h1-3,5-6,11H,4,7-10,12-13H2,(H,23,24).